The Kier molecular flexibility index (Phi) is 6.81. The van der Waals surface area contributed by atoms with Gasteiger partial charge in [-0.25, -0.2) is 14.6 Å². The third-order valence-corrected chi connectivity index (χ3v) is 5.41. The number of hydrogen-bond donors (Lipinski definition) is 2. The van der Waals surface area contributed by atoms with Crippen molar-refractivity contribution in [2.45, 2.75) is 39.1 Å². The van der Waals surface area contributed by atoms with Gasteiger partial charge in [0.25, 0.3) is 0 Å². The van der Waals surface area contributed by atoms with Crippen LogP contribution in [0.15, 0.2) is 60.9 Å². The van der Waals surface area contributed by atoms with Gasteiger partial charge in [0.1, 0.15) is 24.0 Å². The predicted octanol–water partition coefficient (Wildman–Crippen LogP) is 6.67. The summed E-state index contributed by atoms with van der Waals surface area (Å²) in [6.07, 6.45) is -2.84. The van der Waals surface area contributed by atoms with Crippen LogP contribution >= 0.6 is 11.6 Å². The highest BCUT2D eigenvalue weighted by Crippen LogP contribution is 2.33. The van der Waals surface area contributed by atoms with Crippen LogP contribution in [0.4, 0.5) is 30.5 Å². The van der Waals surface area contributed by atoms with Crippen LogP contribution in [0.5, 0.6) is 5.75 Å². The van der Waals surface area contributed by atoms with Crippen LogP contribution in [0.3, 0.4) is 0 Å². The lowest BCUT2D eigenvalue weighted by Gasteiger charge is -2.22. The molecule has 188 valence electrons. The molecule has 0 fully saturated rings. The van der Waals surface area contributed by atoms with E-state index >= 15 is 0 Å². The van der Waals surface area contributed by atoms with E-state index < -0.39 is 17.4 Å². The summed E-state index contributed by atoms with van der Waals surface area (Å²) in [5.41, 5.74) is 7.39. The van der Waals surface area contributed by atoms with Gasteiger partial charge in [-0.2, -0.15) is 18.3 Å². The maximum atomic E-state index is 12.8. The van der Waals surface area contributed by atoms with Gasteiger partial charge < -0.3 is 15.8 Å². The van der Waals surface area contributed by atoms with Crippen LogP contribution in [0.25, 0.3) is 11.3 Å². The van der Waals surface area contributed by atoms with Gasteiger partial charge in [-0.1, -0.05) is 29.8 Å². The zero-order valence-electron chi connectivity index (χ0n) is 19.8. The second-order valence-corrected chi connectivity index (χ2v) is 9.51. The van der Waals surface area contributed by atoms with Crippen LogP contribution in [0.1, 0.15) is 32.0 Å². The van der Waals surface area contributed by atoms with Gasteiger partial charge in [-0.15, -0.1) is 0 Å². The molecule has 3 N–H and O–H groups in total. The molecule has 7 nitrogen and oxygen atoms in total. The number of nitrogens with one attached hydrogen (secondary N) is 1. The molecule has 0 radical (unpaired) electrons. The first-order chi connectivity index (χ1) is 16.9. The predicted molar refractivity (Wildman–Crippen MR) is 133 cm³/mol. The maximum Gasteiger partial charge on any atom is 0.434 e. The molecule has 0 spiro atoms. The number of halogens is 4. The molecule has 0 bridgehead atoms. The Morgan fingerprint density at radius 1 is 1.00 bits per heavy atom. The van der Waals surface area contributed by atoms with E-state index in [1.807, 2.05) is 39.0 Å². The van der Waals surface area contributed by atoms with Gasteiger partial charge in [0.2, 0.25) is 0 Å². The first kappa shape index (κ1) is 25.3. The molecule has 0 saturated heterocycles. The molecule has 11 heteroatoms. The highest BCUT2D eigenvalue weighted by Gasteiger charge is 2.32. The Balaban J connectivity index is 1.61. The van der Waals surface area contributed by atoms with E-state index in [1.54, 1.807) is 35.0 Å². The molecule has 0 amide bonds. The Labute approximate surface area is 211 Å². The van der Waals surface area contributed by atoms with E-state index in [0.29, 0.717) is 40.8 Å². The fraction of sp³-hybridized carbons (Fsp3) is 0.240. The number of ether oxygens (including phenoxy) is 1. The minimum Gasteiger partial charge on any atom is -0.487 e. The number of aromatic nitrogens is 4. The molecule has 2 heterocycles. The summed E-state index contributed by atoms with van der Waals surface area (Å²) in [7, 11) is 0. The van der Waals surface area contributed by atoms with Crippen molar-refractivity contribution in [3.63, 3.8) is 0 Å². The van der Waals surface area contributed by atoms with Crippen LogP contribution in [-0.2, 0) is 18.3 Å². The summed E-state index contributed by atoms with van der Waals surface area (Å²) in [4.78, 5) is 7.31. The zero-order valence-corrected chi connectivity index (χ0v) is 20.5. The van der Waals surface area contributed by atoms with E-state index in [1.165, 1.54) is 0 Å². The molecule has 0 atom stereocenters. The maximum absolute atomic E-state index is 12.8. The second-order valence-electron chi connectivity index (χ2n) is 9.07. The number of nitrogens with zero attached hydrogens (tertiary/aromatic N) is 4. The SMILES string of the molecule is CC(C)(C)n1nc(-c2ccc(N)c(OCc3ccc(Cl)cc3)c2)cc1Nc1cnc(C(F)(F)F)cn1. The van der Waals surface area contributed by atoms with Crippen molar-refractivity contribution in [3.8, 4) is 17.0 Å². The fourth-order valence-corrected chi connectivity index (χ4v) is 3.48. The van der Waals surface area contributed by atoms with Crippen LogP contribution in [-0.4, -0.2) is 19.7 Å². The van der Waals surface area contributed by atoms with E-state index in [2.05, 4.69) is 15.3 Å². The third-order valence-electron chi connectivity index (χ3n) is 5.16. The molecule has 0 aliphatic carbocycles. The molecular formula is C25H24ClF3N6O. The van der Waals surface area contributed by atoms with Gasteiger partial charge in [-0.05, 0) is 50.6 Å². The van der Waals surface area contributed by atoms with E-state index in [0.717, 1.165) is 17.3 Å². The molecule has 36 heavy (non-hydrogen) atoms. The smallest absolute Gasteiger partial charge is 0.434 e. The Hall–Kier alpha value is -3.79. The van der Waals surface area contributed by atoms with Gasteiger partial charge in [-0.3, -0.25) is 0 Å². The number of anilines is 3. The lowest BCUT2D eigenvalue weighted by Crippen LogP contribution is -2.24. The summed E-state index contributed by atoms with van der Waals surface area (Å²) in [6, 6.07) is 14.4. The Morgan fingerprint density at radius 2 is 1.72 bits per heavy atom. The minimum atomic E-state index is -4.56. The highest BCUT2D eigenvalue weighted by molar-refractivity contribution is 6.30. The van der Waals surface area contributed by atoms with Gasteiger partial charge in [0.05, 0.1) is 29.3 Å². The standard InChI is InChI=1S/C25H24ClF3N6O/c1-24(2,3)35-23(33-22-13-31-21(12-32-22)25(27,28)29)11-19(34-35)16-6-9-18(30)20(10-16)36-14-15-4-7-17(26)8-5-15/h4-13H,14,30H2,1-3H3,(H,32,33). The molecule has 4 aromatic rings. The third kappa shape index (κ3) is 5.88. The monoisotopic (exact) mass is 516 g/mol. The van der Waals surface area contributed by atoms with Crippen LogP contribution < -0.4 is 15.8 Å². The molecule has 2 aromatic carbocycles. The summed E-state index contributed by atoms with van der Waals surface area (Å²) < 4.78 is 46.1. The first-order valence-electron chi connectivity index (χ1n) is 10.9. The van der Waals surface area contributed by atoms with Crippen molar-refractivity contribution in [1.82, 2.24) is 19.7 Å². The quantitative estimate of drug-likeness (QED) is 0.278. The zero-order chi connectivity index (χ0) is 26.1. The molecule has 0 unspecified atom stereocenters. The van der Waals surface area contributed by atoms with Gasteiger partial charge in [0, 0.05) is 16.7 Å². The Bertz CT molecular complexity index is 1350. The number of nitrogen functional groups attached to an aromatic ring is 1. The number of rotatable bonds is 6. The second kappa shape index (κ2) is 9.69. The number of benzene rings is 2. The number of nitrogens with two attached hydrogens (primary N) is 1. The van der Waals surface area contributed by atoms with Crippen LogP contribution in [0.2, 0.25) is 5.02 Å². The van der Waals surface area contributed by atoms with Crippen LogP contribution in [0, 0.1) is 0 Å². The number of hydrogen-bond acceptors (Lipinski definition) is 6. The molecular weight excluding hydrogens is 493 g/mol. The van der Waals surface area contributed by atoms with E-state index in [9.17, 15) is 13.2 Å². The fourth-order valence-electron chi connectivity index (χ4n) is 3.35. The summed E-state index contributed by atoms with van der Waals surface area (Å²) in [6.45, 7) is 6.17. The van der Waals surface area contributed by atoms with Crippen molar-refractivity contribution >= 4 is 28.9 Å². The summed E-state index contributed by atoms with van der Waals surface area (Å²) in [5.74, 6) is 1.19. The lowest BCUT2D eigenvalue weighted by molar-refractivity contribution is -0.141. The molecule has 0 saturated carbocycles. The molecule has 0 aliphatic heterocycles. The van der Waals surface area contributed by atoms with E-state index in [-0.39, 0.29) is 5.82 Å². The van der Waals surface area contributed by atoms with Crippen molar-refractivity contribution in [2.75, 3.05) is 11.1 Å². The lowest BCUT2D eigenvalue weighted by atomic mass is 10.1. The molecule has 0 aliphatic rings. The van der Waals surface area contributed by atoms with Crippen molar-refractivity contribution in [3.05, 3.63) is 77.2 Å². The molecule has 4 rings (SSSR count). The first-order valence-corrected chi connectivity index (χ1v) is 11.3. The highest BCUT2D eigenvalue weighted by atomic mass is 35.5. The summed E-state index contributed by atoms with van der Waals surface area (Å²) in [5, 5.41) is 8.38. The number of alkyl halides is 3. The Morgan fingerprint density at radius 3 is 2.33 bits per heavy atom. The largest absolute Gasteiger partial charge is 0.487 e. The average Bonchev–Trinajstić information content (AvgIpc) is 3.24. The average molecular weight is 517 g/mol. The summed E-state index contributed by atoms with van der Waals surface area (Å²) >= 11 is 5.94. The van der Waals surface area contributed by atoms with Gasteiger partial charge >= 0.3 is 6.18 Å². The minimum absolute atomic E-state index is 0.157. The molecule has 2 aromatic heterocycles. The van der Waals surface area contributed by atoms with Gasteiger partial charge in [0.15, 0.2) is 5.69 Å². The normalized spacial score (nSPS) is 12.0. The topological polar surface area (TPSA) is 90.9 Å². The van der Waals surface area contributed by atoms with Crippen molar-refractivity contribution in [2.24, 2.45) is 0 Å². The van der Waals surface area contributed by atoms with Crippen molar-refractivity contribution in [1.29, 1.82) is 0 Å². The van der Waals surface area contributed by atoms with Crippen molar-refractivity contribution < 1.29 is 17.9 Å². The van der Waals surface area contributed by atoms with E-state index in [4.69, 9.17) is 27.2 Å².